The van der Waals surface area contributed by atoms with E-state index in [2.05, 4.69) is 10.4 Å². The first kappa shape index (κ1) is 17.5. The Hall–Kier alpha value is -3.28. The third-order valence-electron chi connectivity index (χ3n) is 3.96. The number of amides is 1. The van der Waals surface area contributed by atoms with E-state index < -0.39 is 0 Å². The molecule has 0 atom stereocenters. The molecule has 1 aromatic heterocycles. The van der Waals surface area contributed by atoms with E-state index in [0.717, 1.165) is 11.3 Å². The Balaban J connectivity index is 1.82. The normalized spacial score (nSPS) is 10.4. The Bertz CT molecular complexity index is 904. The third-order valence-corrected chi connectivity index (χ3v) is 3.96. The fraction of sp³-hybridized carbons (Fsp3) is 0.200. The molecule has 1 heterocycles. The number of aryl methyl sites for hydroxylation is 1. The number of carbonyl (C=O) groups is 1. The summed E-state index contributed by atoms with van der Waals surface area (Å²) in [5, 5.41) is 7.39. The maximum Gasteiger partial charge on any atom is 0.256 e. The number of hydrogen-bond acceptors (Lipinski definition) is 4. The van der Waals surface area contributed by atoms with E-state index in [-0.39, 0.29) is 5.91 Å². The third kappa shape index (κ3) is 3.85. The van der Waals surface area contributed by atoms with Crippen molar-refractivity contribution in [1.82, 2.24) is 9.78 Å². The summed E-state index contributed by atoms with van der Waals surface area (Å²) < 4.78 is 12.2. The van der Waals surface area contributed by atoms with Gasteiger partial charge in [0, 0.05) is 11.6 Å². The molecule has 1 amide bonds. The maximum atomic E-state index is 12.6. The number of hydrogen-bond donors (Lipinski definition) is 1. The summed E-state index contributed by atoms with van der Waals surface area (Å²) in [7, 11) is 3.10. The van der Waals surface area contributed by atoms with Crippen molar-refractivity contribution in [3.63, 3.8) is 0 Å². The van der Waals surface area contributed by atoms with Crippen LogP contribution in [0.1, 0.15) is 21.6 Å². The zero-order valence-corrected chi connectivity index (χ0v) is 15.0. The number of carbonyl (C=O) groups excluding carboxylic acids is 1. The van der Waals surface area contributed by atoms with Crippen LogP contribution in [0.3, 0.4) is 0 Å². The molecule has 3 aromatic rings. The first-order valence-electron chi connectivity index (χ1n) is 8.22. The van der Waals surface area contributed by atoms with Gasteiger partial charge in [0.05, 0.1) is 26.5 Å². The van der Waals surface area contributed by atoms with Crippen LogP contribution in [0, 0.1) is 6.92 Å². The first-order valence-corrected chi connectivity index (χ1v) is 8.22. The molecule has 134 valence electrons. The molecule has 0 fully saturated rings. The van der Waals surface area contributed by atoms with E-state index >= 15 is 0 Å². The summed E-state index contributed by atoms with van der Waals surface area (Å²) in [6, 6.07) is 16.9. The minimum atomic E-state index is -0.236. The van der Waals surface area contributed by atoms with Gasteiger partial charge in [-0.15, -0.1) is 0 Å². The lowest BCUT2D eigenvalue weighted by Crippen LogP contribution is -2.16. The molecular formula is C20H21N3O3. The molecule has 6 nitrogen and oxygen atoms in total. The Labute approximate surface area is 152 Å². The van der Waals surface area contributed by atoms with E-state index in [1.807, 2.05) is 43.3 Å². The van der Waals surface area contributed by atoms with E-state index in [1.165, 1.54) is 7.11 Å². The quantitative estimate of drug-likeness (QED) is 0.738. The minimum absolute atomic E-state index is 0.236. The molecule has 3 rings (SSSR count). The molecule has 0 bridgehead atoms. The number of nitrogens with zero attached hydrogens (tertiary/aromatic N) is 2. The van der Waals surface area contributed by atoms with Gasteiger partial charge in [-0.2, -0.15) is 5.10 Å². The largest absolute Gasteiger partial charge is 0.493 e. The molecular weight excluding hydrogens is 330 g/mol. The van der Waals surface area contributed by atoms with Crippen molar-refractivity contribution < 1.29 is 14.3 Å². The van der Waals surface area contributed by atoms with E-state index in [1.54, 1.807) is 30.0 Å². The highest BCUT2D eigenvalue weighted by Gasteiger charge is 2.14. The molecule has 0 saturated carbocycles. The number of aromatic nitrogens is 2. The lowest BCUT2D eigenvalue weighted by atomic mass is 10.2. The van der Waals surface area contributed by atoms with Gasteiger partial charge in [0.25, 0.3) is 5.91 Å². The fourth-order valence-electron chi connectivity index (χ4n) is 2.69. The van der Waals surface area contributed by atoms with Crippen molar-refractivity contribution in [2.75, 3.05) is 19.5 Å². The molecule has 26 heavy (non-hydrogen) atoms. The summed E-state index contributed by atoms with van der Waals surface area (Å²) >= 11 is 0. The maximum absolute atomic E-state index is 12.6. The standard InChI is InChI=1S/C20H21N3O3/c1-14-11-19(23(22-14)13-15-7-5-4-6-8-15)21-20(24)16-9-10-17(25-2)18(12-16)26-3/h4-12H,13H2,1-3H3,(H,21,24). The number of benzene rings is 2. The van der Waals surface area contributed by atoms with Crippen LogP contribution in [0.25, 0.3) is 0 Å². The molecule has 0 radical (unpaired) electrons. The Kier molecular flexibility index (Phi) is 5.22. The first-order chi connectivity index (χ1) is 12.6. The van der Waals surface area contributed by atoms with Crippen molar-refractivity contribution >= 4 is 11.7 Å². The van der Waals surface area contributed by atoms with Crippen LogP contribution in [0.4, 0.5) is 5.82 Å². The van der Waals surface area contributed by atoms with Crippen molar-refractivity contribution in [1.29, 1.82) is 0 Å². The number of anilines is 1. The van der Waals surface area contributed by atoms with Crippen molar-refractivity contribution in [3.8, 4) is 11.5 Å². The molecule has 0 aliphatic carbocycles. The fourth-order valence-corrected chi connectivity index (χ4v) is 2.69. The topological polar surface area (TPSA) is 65.4 Å². The molecule has 6 heteroatoms. The lowest BCUT2D eigenvalue weighted by Gasteiger charge is -2.11. The monoisotopic (exact) mass is 351 g/mol. The highest BCUT2D eigenvalue weighted by molar-refractivity contribution is 6.04. The second-order valence-electron chi connectivity index (χ2n) is 5.84. The Morgan fingerprint density at radius 2 is 1.77 bits per heavy atom. The molecule has 0 aliphatic heterocycles. The highest BCUT2D eigenvalue weighted by atomic mass is 16.5. The van der Waals surface area contributed by atoms with Gasteiger partial charge in [-0.3, -0.25) is 4.79 Å². The summed E-state index contributed by atoms with van der Waals surface area (Å²) in [5.41, 5.74) is 2.42. The van der Waals surface area contributed by atoms with Gasteiger partial charge >= 0.3 is 0 Å². The van der Waals surface area contributed by atoms with Crippen LogP contribution < -0.4 is 14.8 Å². The molecule has 0 spiro atoms. The SMILES string of the molecule is COc1ccc(C(=O)Nc2cc(C)nn2Cc2ccccc2)cc1OC. The number of ether oxygens (including phenoxy) is 2. The van der Waals surface area contributed by atoms with Gasteiger partial charge < -0.3 is 14.8 Å². The Morgan fingerprint density at radius 3 is 2.46 bits per heavy atom. The number of rotatable bonds is 6. The van der Waals surface area contributed by atoms with Gasteiger partial charge in [-0.25, -0.2) is 4.68 Å². The summed E-state index contributed by atoms with van der Waals surface area (Å²) in [6.45, 7) is 2.48. The van der Waals surface area contributed by atoms with Crippen molar-refractivity contribution in [2.45, 2.75) is 13.5 Å². The van der Waals surface area contributed by atoms with Crippen LogP contribution in [0.5, 0.6) is 11.5 Å². The molecule has 0 aliphatic rings. The predicted molar refractivity (Wildman–Crippen MR) is 100 cm³/mol. The van der Waals surface area contributed by atoms with Crippen LogP contribution >= 0.6 is 0 Å². The van der Waals surface area contributed by atoms with Gasteiger partial charge in [0.2, 0.25) is 0 Å². The minimum Gasteiger partial charge on any atom is -0.493 e. The second kappa shape index (κ2) is 7.74. The van der Waals surface area contributed by atoms with Crippen LogP contribution in [0.15, 0.2) is 54.6 Å². The van der Waals surface area contributed by atoms with Crippen LogP contribution in [0.2, 0.25) is 0 Å². The number of nitrogens with one attached hydrogen (secondary N) is 1. The van der Waals surface area contributed by atoms with Gasteiger partial charge in [-0.1, -0.05) is 30.3 Å². The van der Waals surface area contributed by atoms with Gasteiger partial charge in [-0.05, 0) is 30.7 Å². The summed E-state index contributed by atoms with van der Waals surface area (Å²) in [5.74, 6) is 1.49. The van der Waals surface area contributed by atoms with Gasteiger partial charge in [0.15, 0.2) is 11.5 Å². The van der Waals surface area contributed by atoms with E-state index in [0.29, 0.717) is 29.4 Å². The van der Waals surface area contributed by atoms with E-state index in [9.17, 15) is 4.79 Å². The zero-order valence-electron chi connectivity index (χ0n) is 15.0. The molecule has 2 aromatic carbocycles. The summed E-state index contributed by atoms with van der Waals surface area (Å²) in [4.78, 5) is 12.6. The lowest BCUT2D eigenvalue weighted by molar-refractivity contribution is 0.102. The average Bonchev–Trinajstić information content (AvgIpc) is 3.00. The average molecular weight is 351 g/mol. The zero-order chi connectivity index (χ0) is 18.5. The number of methoxy groups -OCH3 is 2. The smallest absolute Gasteiger partial charge is 0.256 e. The van der Waals surface area contributed by atoms with Gasteiger partial charge in [0.1, 0.15) is 5.82 Å². The summed E-state index contributed by atoms with van der Waals surface area (Å²) in [6.07, 6.45) is 0. The van der Waals surface area contributed by atoms with Crippen LogP contribution in [-0.4, -0.2) is 29.9 Å². The van der Waals surface area contributed by atoms with E-state index in [4.69, 9.17) is 9.47 Å². The molecule has 0 saturated heterocycles. The molecule has 1 N–H and O–H groups in total. The van der Waals surface area contributed by atoms with Crippen LogP contribution in [-0.2, 0) is 6.54 Å². The van der Waals surface area contributed by atoms with Crippen molar-refractivity contribution in [2.24, 2.45) is 0 Å². The molecule has 0 unspecified atom stereocenters. The second-order valence-corrected chi connectivity index (χ2v) is 5.84. The van der Waals surface area contributed by atoms with Crippen molar-refractivity contribution in [3.05, 3.63) is 71.4 Å². The Morgan fingerprint density at radius 1 is 1.04 bits per heavy atom. The predicted octanol–water partition coefficient (Wildman–Crippen LogP) is 3.51. The highest BCUT2D eigenvalue weighted by Crippen LogP contribution is 2.28.